The van der Waals surface area contributed by atoms with Crippen LogP contribution in [0.1, 0.15) is 30.5 Å². The van der Waals surface area contributed by atoms with Gasteiger partial charge in [0.1, 0.15) is 18.2 Å². The molecule has 3 heterocycles. The summed E-state index contributed by atoms with van der Waals surface area (Å²) in [4.78, 5) is 7.34. The second kappa shape index (κ2) is 5.51. The number of aromatic nitrogens is 3. The number of anilines is 1. The molecule has 0 spiro atoms. The van der Waals surface area contributed by atoms with Crippen molar-refractivity contribution in [2.45, 2.75) is 38.3 Å². The van der Waals surface area contributed by atoms with Crippen molar-refractivity contribution >= 4 is 11.5 Å². The summed E-state index contributed by atoms with van der Waals surface area (Å²) < 4.78 is 7.97. The molecule has 2 aliphatic rings. The SMILES string of the molecule is c1ccc(OCc2nc3ccnn3c3c2CCN3C2CCC2)cc1. The molecule has 0 atom stereocenters. The van der Waals surface area contributed by atoms with E-state index in [0.29, 0.717) is 12.6 Å². The van der Waals surface area contributed by atoms with Gasteiger partial charge in [-0.05, 0) is 37.8 Å². The first-order chi connectivity index (χ1) is 11.9. The van der Waals surface area contributed by atoms with Gasteiger partial charge in [0.05, 0.1) is 11.9 Å². The summed E-state index contributed by atoms with van der Waals surface area (Å²) in [6.07, 6.45) is 6.79. The minimum Gasteiger partial charge on any atom is -0.487 e. The summed E-state index contributed by atoms with van der Waals surface area (Å²) >= 11 is 0. The van der Waals surface area contributed by atoms with E-state index in [1.807, 2.05) is 47.1 Å². The Bertz CT molecular complexity index is 870. The lowest BCUT2D eigenvalue weighted by molar-refractivity contribution is 0.300. The molecule has 3 aromatic rings. The maximum atomic E-state index is 5.97. The molecule has 1 saturated carbocycles. The molecule has 1 aliphatic heterocycles. The van der Waals surface area contributed by atoms with E-state index in [1.165, 1.54) is 30.6 Å². The molecule has 1 aliphatic carbocycles. The summed E-state index contributed by atoms with van der Waals surface area (Å²) in [5.74, 6) is 2.12. The van der Waals surface area contributed by atoms with E-state index in [4.69, 9.17) is 9.72 Å². The Morgan fingerprint density at radius 1 is 1.12 bits per heavy atom. The largest absolute Gasteiger partial charge is 0.487 e. The Labute approximate surface area is 140 Å². The maximum Gasteiger partial charge on any atom is 0.157 e. The van der Waals surface area contributed by atoms with Gasteiger partial charge in [-0.25, -0.2) is 4.98 Å². The van der Waals surface area contributed by atoms with Crippen molar-refractivity contribution in [2.24, 2.45) is 0 Å². The molecule has 0 radical (unpaired) electrons. The molecule has 0 amide bonds. The Balaban J connectivity index is 1.53. The molecular weight excluding hydrogens is 300 g/mol. The standard InChI is InChI=1S/C19H20N4O/c1-2-7-15(8-3-1)24-13-17-16-10-12-22(14-5-4-6-14)19(16)23-18(21-17)9-11-20-23/h1-3,7-9,11,14H,4-6,10,12-13H2. The quantitative estimate of drug-likeness (QED) is 0.740. The van der Waals surface area contributed by atoms with Crippen molar-refractivity contribution in [3.8, 4) is 5.75 Å². The fourth-order valence-electron chi connectivity index (χ4n) is 3.74. The van der Waals surface area contributed by atoms with Crippen LogP contribution in [0.2, 0.25) is 0 Å². The zero-order valence-corrected chi connectivity index (χ0v) is 13.6. The van der Waals surface area contributed by atoms with Crippen LogP contribution in [0.4, 0.5) is 5.82 Å². The van der Waals surface area contributed by atoms with Crippen LogP contribution >= 0.6 is 0 Å². The molecule has 24 heavy (non-hydrogen) atoms. The van der Waals surface area contributed by atoms with Crippen molar-refractivity contribution in [3.63, 3.8) is 0 Å². The summed E-state index contributed by atoms with van der Waals surface area (Å²) in [5, 5.41) is 4.51. The molecule has 2 aromatic heterocycles. The van der Waals surface area contributed by atoms with Crippen LogP contribution in [-0.4, -0.2) is 27.2 Å². The average Bonchev–Trinajstić information content (AvgIpc) is 3.19. The highest BCUT2D eigenvalue weighted by atomic mass is 16.5. The molecule has 5 nitrogen and oxygen atoms in total. The van der Waals surface area contributed by atoms with E-state index in [0.717, 1.165) is 30.1 Å². The zero-order chi connectivity index (χ0) is 15.9. The molecule has 122 valence electrons. The third-order valence-electron chi connectivity index (χ3n) is 5.20. The van der Waals surface area contributed by atoms with E-state index in [9.17, 15) is 0 Å². The van der Waals surface area contributed by atoms with E-state index in [2.05, 4.69) is 10.00 Å². The van der Waals surface area contributed by atoms with Crippen molar-refractivity contribution in [3.05, 3.63) is 53.9 Å². The monoisotopic (exact) mass is 320 g/mol. The molecule has 1 fully saturated rings. The summed E-state index contributed by atoms with van der Waals surface area (Å²) in [6, 6.07) is 12.6. The summed E-state index contributed by atoms with van der Waals surface area (Å²) in [7, 11) is 0. The highest BCUT2D eigenvalue weighted by Crippen LogP contribution is 2.37. The second-order valence-corrected chi connectivity index (χ2v) is 6.59. The smallest absolute Gasteiger partial charge is 0.157 e. The van der Waals surface area contributed by atoms with Crippen molar-refractivity contribution in [1.82, 2.24) is 14.6 Å². The van der Waals surface area contributed by atoms with Crippen LogP contribution < -0.4 is 9.64 Å². The van der Waals surface area contributed by atoms with Crippen molar-refractivity contribution in [1.29, 1.82) is 0 Å². The molecule has 5 rings (SSSR count). The minimum atomic E-state index is 0.506. The third-order valence-corrected chi connectivity index (χ3v) is 5.20. The van der Waals surface area contributed by atoms with Gasteiger partial charge in [0.2, 0.25) is 0 Å². The topological polar surface area (TPSA) is 42.7 Å². The van der Waals surface area contributed by atoms with Gasteiger partial charge in [-0.1, -0.05) is 18.2 Å². The van der Waals surface area contributed by atoms with Crippen LogP contribution in [0.15, 0.2) is 42.6 Å². The third kappa shape index (κ3) is 2.15. The lowest BCUT2D eigenvalue weighted by Crippen LogP contribution is -2.39. The van der Waals surface area contributed by atoms with Gasteiger partial charge < -0.3 is 9.64 Å². The average molecular weight is 320 g/mol. The number of fused-ring (bicyclic) bond motifs is 3. The van der Waals surface area contributed by atoms with Crippen LogP contribution in [0, 0.1) is 0 Å². The van der Waals surface area contributed by atoms with E-state index in [-0.39, 0.29) is 0 Å². The summed E-state index contributed by atoms with van der Waals surface area (Å²) in [6.45, 7) is 1.57. The molecule has 5 heteroatoms. The van der Waals surface area contributed by atoms with Gasteiger partial charge in [-0.3, -0.25) is 0 Å². The highest BCUT2D eigenvalue weighted by molar-refractivity contribution is 5.61. The Hall–Kier alpha value is -2.56. The van der Waals surface area contributed by atoms with Gasteiger partial charge >= 0.3 is 0 Å². The number of benzene rings is 1. The number of hydrogen-bond donors (Lipinski definition) is 0. The Kier molecular flexibility index (Phi) is 3.18. The number of rotatable bonds is 4. The Morgan fingerprint density at radius 3 is 2.79 bits per heavy atom. The molecule has 1 aromatic carbocycles. The lowest BCUT2D eigenvalue weighted by Gasteiger charge is -2.36. The molecule has 0 unspecified atom stereocenters. The summed E-state index contributed by atoms with van der Waals surface area (Å²) in [5.41, 5.74) is 3.25. The second-order valence-electron chi connectivity index (χ2n) is 6.59. The van der Waals surface area contributed by atoms with Crippen LogP contribution in [-0.2, 0) is 13.0 Å². The lowest BCUT2D eigenvalue weighted by atomic mass is 9.92. The maximum absolute atomic E-state index is 5.97. The first-order valence-electron chi connectivity index (χ1n) is 8.70. The molecular formula is C19H20N4O. The van der Waals surface area contributed by atoms with Crippen LogP contribution in [0.25, 0.3) is 5.65 Å². The van der Waals surface area contributed by atoms with E-state index >= 15 is 0 Å². The fourth-order valence-corrected chi connectivity index (χ4v) is 3.74. The number of para-hydroxylation sites is 1. The first kappa shape index (κ1) is 13.8. The van der Waals surface area contributed by atoms with Gasteiger partial charge in [0, 0.05) is 24.2 Å². The number of hydrogen-bond acceptors (Lipinski definition) is 4. The van der Waals surface area contributed by atoms with E-state index in [1.54, 1.807) is 0 Å². The number of nitrogens with zero attached hydrogens (tertiary/aromatic N) is 4. The Morgan fingerprint density at radius 2 is 2.00 bits per heavy atom. The zero-order valence-electron chi connectivity index (χ0n) is 13.6. The fraction of sp³-hybridized carbons (Fsp3) is 0.368. The predicted molar refractivity (Wildman–Crippen MR) is 92.5 cm³/mol. The van der Waals surface area contributed by atoms with Gasteiger partial charge in [-0.15, -0.1) is 0 Å². The predicted octanol–water partition coefficient (Wildman–Crippen LogP) is 3.22. The minimum absolute atomic E-state index is 0.506. The first-order valence-corrected chi connectivity index (χ1v) is 8.70. The van der Waals surface area contributed by atoms with Crippen molar-refractivity contribution < 1.29 is 4.74 Å². The van der Waals surface area contributed by atoms with Gasteiger partial charge in [0.15, 0.2) is 5.65 Å². The molecule has 0 N–H and O–H groups in total. The van der Waals surface area contributed by atoms with Crippen LogP contribution in [0.3, 0.4) is 0 Å². The van der Waals surface area contributed by atoms with Gasteiger partial charge in [0.25, 0.3) is 0 Å². The van der Waals surface area contributed by atoms with Crippen LogP contribution in [0.5, 0.6) is 5.75 Å². The normalized spacial score (nSPS) is 17.1. The number of ether oxygens (including phenoxy) is 1. The van der Waals surface area contributed by atoms with Gasteiger partial charge in [-0.2, -0.15) is 9.61 Å². The molecule has 0 saturated heterocycles. The van der Waals surface area contributed by atoms with Crippen molar-refractivity contribution in [2.75, 3.05) is 11.4 Å². The highest BCUT2D eigenvalue weighted by Gasteiger charge is 2.34. The molecule has 0 bridgehead atoms. The van der Waals surface area contributed by atoms with E-state index < -0.39 is 0 Å².